The minimum Gasteiger partial charge on any atom is -0.493 e. The molecular formula is C24H25BrClFN4O4S. The van der Waals surface area contributed by atoms with Crippen LogP contribution in [0.25, 0.3) is 10.9 Å². The Labute approximate surface area is 222 Å². The zero-order valence-corrected chi connectivity index (χ0v) is 22.8. The third-order valence-electron chi connectivity index (χ3n) is 6.97. The summed E-state index contributed by atoms with van der Waals surface area (Å²) in [5, 5.41) is 3.61. The predicted octanol–water partition coefficient (Wildman–Crippen LogP) is 5.23. The van der Waals surface area contributed by atoms with Gasteiger partial charge in [-0.15, -0.1) is 0 Å². The van der Waals surface area contributed by atoms with Crippen LogP contribution in [0.2, 0.25) is 5.02 Å². The van der Waals surface area contributed by atoms with E-state index in [0.717, 1.165) is 12.8 Å². The molecule has 2 heterocycles. The number of nitrogens with one attached hydrogen (secondary N) is 1. The molecule has 0 amide bonds. The normalized spacial score (nSPS) is 22.1. The second-order valence-corrected chi connectivity index (χ2v) is 12.6. The van der Waals surface area contributed by atoms with Crippen LogP contribution in [0.15, 0.2) is 35.1 Å². The topological polar surface area (TPSA) is 93.7 Å². The number of nitrogens with zero attached hydrogens (tertiary/aromatic N) is 3. The van der Waals surface area contributed by atoms with Crippen molar-refractivity contribution in [2.24, 2.45) is 17.8 Å². The van der Waals surface area contributed by atoms with Crippen LogP contribution in [0.1, 0.15) is 12.8 Å². The largest absolute Gasteiger partial charge is 0.493 e. The van der Waals surface area contributed by atoms with E-state index in [2.05, 4.69) is 31.2 Å². The van der Waals surface area contributed by atoms with Gasteiger partial charge in [-0.3, -0.25) is 0 Å². The molecule has 0 bridgehead atoms. The first-order valence-corrected chi connectivity index (χ1v) is 14.5. The quantitative estimate of drug-likeness (QED) is 0.372. The van der Waals surface area contributed by atoms with Crippen LogP contribution in [0.3, 0.4) is 0 Å². The summed E-state index contributed by atoms with van der Waals surface area (Å²) < 4.78 is 52.1. The van der Waals surface area contributed by atoms with Gasteiger partial charge in [0.05, 0.1) is 36.2 Å². The molecule has 1 saturated heterocycles. The molecule has 2 unspecified atom stereocenters. The molecule has 8 nitrogen and oxygen atoms in total. The molecule has 1 saturated carbocycles. The predicted molar refractivity (Wildman–Crippen MR) is 140 cm³/mol. The van der Waals surface area contributed by atoms with E-state index in [0.29, 0.717) is 70.1 Å². The van der Waals surface area contributed by atoms with E-state index in [1.54, 1.807) is 35.7 Å². The Morgan fingerprint density at radius 1 is 1.19 bits per heavy atom. The number of ether oxygens (including phenoxy) is 2. The van der Waals surface area contributed by atoms with Gasteiger partial charge in [0.25, 0.3) is 0 Å². The maximum absolute atomic E-state index is 14.6. The highest BCUT2D eigenvalue weighted by molar-refractivity contribution is 9.10. The highest BCUT2D eigenvalue weighted by Crippen LogP contribution is 2.43. The lowest BCUT2D eigenvalue weighted by atomic mass is 10.0. The smallest absolute Gasteiger partial charge is 0.211 e. The van der Waals surface area contributed by atoms with Crippen LogP contribution < -0.4 is 14.8 Å². The van der Waals surface area contributed by atoms with Crippen molar-refractivity contribution in [2.45, 2.75) is 12.8 Å². The van der Waals surface area contributed by atoms with E-state index in [1.165, 1.54) is 12.6 Å². The molecule has 3 aromatic rings. The van der Waals surface area contributed by atoms with Crippen molar-refractivity contribution < 1.29 is 22.3 Å². The van der Waals surface area contributed by atoms with Crippen LogP contribution in [-0.2, 0) is 10.0 Å². The maximum atomic E-state index is 14.6. The first kappa shape index (κ1) is 25.4. The Bertz CT molecular complexity index is 1410. The molecule has 0 spiro atoms. The summed E-state index contributed by atoms with van der Waals surface area (Å²) in [6.07, 6.45) is 4.54. The molecule has 2 aliphatic rings. The molecule has 1 aliphatic carbocycles. The average molecular weight is 600 g/mol. The van der Waals surface area contributed by atoms with Crippen molar-refractivity contribution in [3.8, 4) is 11.5 Å². The second kappa shape index (κ2) is 9.92. The third-order valence-corrected chi connectivity index (χ3v) is 9.46. The van der Waals surface area contributed by atoms with Crippen LogP contribution in [0.5, 0.6) is 11.5 Å². The maximum Gasteiger partial charge on any atom is 0.211 e. The van der Waals surface area contributed by atoms with E-state index >= 15 is 0 Å². The Balaban J connectivity index is 1.32. The van der Waals surface area contributed by atoms with E-state index in [4.69, 9.17) is 21.1 Å². The van der Waals surface area contributed by atoms with E-state index in [9.17, 15) is 12.8 Å². The summed E-state index contributed by atoms with van der Waals surface area (Å²) in [7, 11) is -1.58. The zero-order chi connectivity index (χ0) is 25.6. The van der Waals surface area contributed by atoms with Crippen molar-refractivity contribution >= 4 is 60.0 Å². The van der Waals surface area contributed by atoms with Crippen molar-refractivity contribution in [3.05, 3.63) is 45.9 Å². The van der Waals surface area contributed by atoms with Gasteiger partial charge in [-0.25, -0.2) is 27.1 Å². The molecule has 192 valence electrons. The summed E-state index contributed by atoms with van der Waals surface area (Å²) >= 11 is 9.24. The number of anilines is 2. The number of methoxy groups -OCH3 is 1. The fourth-order valence-electron chi connectivity index (χ4n) is 5.18. The van der Waals surface area contributed by atoms with Gasteiger partial charge in [-0.05, 0) is 64.7 Å². The summed E-state index contributed by atoms with van der Waals surface area (Å²) in [6.45, 7) is 1.69. The SMILES string of the molecule is COc1cc2c(Nc3ccc(Br)c(Cl)c3F)ncnc2cc1OCC1CC2CN(S(C)(=O)=O)CC2C1. The van der Waals surface area contributed by atoms with Crippen molar-refractivity contribution in [3.63, 3.8) is 0 Å². The number of hydrogen-bond donors (Lipinski definition) is 1. The fraction of sp³-hybridized carbons (Fsp3) is 0.417. The molecule has 36 heavy (non-hydrogen) atoms. The van der Waals surface area contributed by atoms with Gasteiger partial charge in [0.2, 0.25) is 10.0 Å². The van der Waals surface area contributed by atoms with Crippen molar-refractivity contribution in [1.29, 1.82) is 0 Å². The molecule has 1 N–H and O–H groups in total. The molecule has 12 heteroatoms. The molecule has 2 aromatic carbocycles. The highest BCUT2D eigenvalue weighted by atomic mass is 79.9. The number of benzene rings is 2. The monoisotopic (exact) mass is 598 g/mol. The lowest BCUT2D eigenvalue weighted by Crippen LogP contribution is -2.29. The third kappa shape index (κ3) is 4.98. The first-order chi connectivity index (χ1) is 17.1. The number of rotatable bonds is 7. The standard InChI is InChI=1S/C24H25BrClFN4O4S/c1-34-20-7-16-19(28-12-29-24(16)30-18-4-3-17(25)22(26)23(18)27)8-21(20)35-11-13-5-14-9-31(36(2,32)33)10-15(14)6-13/h3-4,7-8,12-15H,5-6,9-11H2,1-2H3,(H,28,29,30). The van der Waals surface area contributed by atoms with Crippen LogP contribution in [-0.4, -0.2) is 55.8 Å². The van der Waals surface area contributed by atoms with Gasteiger partial charge in [0.15, 0.2) is 17.3 Å². The summed E-state index contributed by atoms with van der Waals surface area (Å²) in [4.78, 5) is 8.63. The van der Waals surface area contributed by atoms with Crippen molar-refractivity contribution in [2.75, 3.05) is 38.4 Å². The molecule has 1 aromatic heterocycles. The minimum atomic E-state index is -3.14. The van der Waals surface area contributed by atoms with E-state index < -0.39 is 15.8 Å². The van der Waals surface area contributed by atoms with Gasteiger partial charge in [-0.1, -0.05) is 11.6 Å². The lowest BCUT2D eigenvalue weighted by molar-refractivity contribution is 0.231. The van der Waals surface area contributed by atoms with Gasteiger partial charge < -0.3 is 14.8 Å². The first-order valence-electron chi connectivity index (χ1n) is 11.4. The molecular weight excluding hydrogens is 575 g/mol. The van der Waals surface area contributed by atoms with Crippen LogP contribution in [0.4, 0.5) is 15.9 Å². The lowest BCUT2D eigenvalue weighted by Gasteiger charge is -2.18. The van der Waals surface area contributed by atoms with E-state index in [1.807, 2.05) is 0 Å². The highest BCUT2D eigenvalue weighted by Gasteiger charge is 2.43. The number of fused-ring (bicyclic) bond motifs is 2. The Hall–Kier alpha value is -2.21. The number of hydrogen-bond acceptors (Lipinski definition) is 7. The Morgan fingerprint density at radius 3 is 2.58 bits per heavy atom. The molecule has 5 rings (SSSR count). The number of aromatic nitrogens is 2. The van der Waals surface area contributed by atoms with Gasteiger partial charge in [0.1, 0.15) is 12.1 Å². The van der Waals surface area contributed by atoms with Crippen LogP contribution in [0, 0.1) is 23.6 Å². The average Bonchev–Trinajstić information content (AvgIpc) is 3.42. The summed E-state index contributed by atoms with van der Waals surface area (Å²) in [5.41, 5.74) is 0.794. The number of sulfonamides is 1. The van der Waals surface area contributed by atoms with Crippen LogP contribution >= 0.6 is 27.5 Å². The number of halogens is 3. The minimum absolute atomic E-state index is 0.0216. The van der Waals surface area contributed by atoms with Gasteiger partial charge >= 0.3 is 0 Å². The van der Waals surface area contributed by atoms with Gasteiger partial charge in [-0.2, -0.15) is 0 Å². The molecule has 0 radical (unpaired) electrons. The molecule has 2 fully saturated rings. The fourth-order valence-corrected chi connectivity index (χ4v) is 6.58. The second-order valence-electron chi connectivity index (χ2n) is 9.34. The molecule has 2 atom stereocenters. The van der Waals surface area contributed by atoms with Gasteiger partial charge in [0, 0.05) is 29.0 Å². The molecule has 1 aliphatic heterocycles. The van der Waals surface area contributed by atoms with E-state index in [-0.39, 0.29) is 10.7 Å². The Kier molecular flexibility index (Phi) is 7.01. The Morgan fingerprint density at radius 2 is 1.92 bits per heavy atom. The zero-order valence-electron chi connectivity index (χ0n) is 19.7. The van der Waals surface area contributed by atoms with Crippen molar-refractivity contribution in [1.82, 2.24) is 14.3 Å². The summed E-state index contributed by atoms with van der Waals surface area (Å²) in [5.74, 6) is 1.97. The summed E-state index contributed by atoms with van der Waals surface area (Å²) in [6, 6.07) is 6.77.